The van der Waals surface area contributed by atoms with Crippen LogP contribution in [0.2, 0.25) is 0 Å². The number of hydrogen-bond donors (Lipinski definition) is 0. The van der Waals surface area contributed by atoms with Crippen LogP contribution in [-0.4, -0.2) is 17.8 Å². The summed E-state index contributed by atoms with van der Waals surface area (Å²) in [7, 11) is 0. The molecule has 2 aromatic rings. The van der Waals surface area contributed by atoms with E-state index in [0.717, 1.165) is 0 Å². The predicted molar refractivity (Wildman–Crippen MR) is 98.5 cm³/mol. The molecule has 2 aromatic carbocycles. The second-order valence-electron chi connectivity index (χ2n) is 6.77. The van der Waals surface area contributed by atoms with Crippen LogP contribution in [0.3, 0.4) is 0 Å². The van der Waals surface area contributed by atoms with Crippen molar-refractivity contribution in [2.75, 3.05) is 6.61 Å². The number of carbonyl (C=O) groups excluding carboxylic acids is 2. The van der Waals surface area contributed by atoms with Crippen LogP contribution in [-0.2, 0) is 14.3 Å². The second kappa shape index (κ2) is 7.40. The molecule has 0 fully saturated rings. The first kappa shape index (κ1) is 17.7. The zero-order valence-corrected chi connectivity index (χ0v) is 15.1. The zero-order valence-electron chi connectivity index (χ0n) is 14.4. The topological polar surface area (TPSA) is 43.4 Å². The third-order valence-electron chi connectivity index (χ3n) is 4.86. The molecule has 0 spiro atoms. The highest BCUT2D eigenvalue weighted by molar-refractivity contribution is 6.64. The van der Waals surface area contributed by atoms with E-state index >= 15 is 0 Å². The van der Waals surface area contributed by atoms with E-state index in [4.69, 9.17) is 16.3 Å². The van der Waals surface area contributed by atoms with Gasteiger partial charge in [0, 0.05) is 11.8 Å². The summed E-state index contributed by atoms with van der Waals surface area (Å²) < 4.78 is 5.52. The molecule has 0 N–H and O–H groups in total. The first-order valence-corrected chi connectivity index (χ1v) is 8.90. The molecule has 1 atom stereocenters. The Morgan fingerprint density at radius 1 is 1.00 bits per heavy atom. The lowest BCUT2D eigenvalue weighted by Gasteiger charge is -2.17. The zero-order chi connectivity index (χ0) is 18.0. The molecule has 0 bridgehead atoms. The summed E-state index contributed by atoms with van der Waals surface area (Å²) in [6, 6.07) is 16.4. The van der Waals surface area contributed by atoms with Gasteiger partial charge in [-0.1, -0.05) is 62.4 Å². The van der Waals surface area contributed by atoms with Crippen molar-refractivity contribution in [3.05, 3.63) is 59.7 Å². The van der Waals surface area contributed by atoms with Crippen molar-refractivity contribution in [3.63, 3.8) is 0 Å². The molecule has 0 saturated heterocycles. The SMILES string of the molecule is CC(C)[C@H](CC(=O)OCC1c2ccccc2-c2ccccc21)C(=O)Cl. The van der Waals surface area contributed by atoms with E-state index in [1.165, 1.54) is 22.3 Å². The normalized spacial score (nSPS) is 14.1. The Balaban J connectivity index is 1.73. The lowest BCUT2D eigenvalue weighted by atomic mass is 9.94. The standard InChI is InChI=1S/C21H21ClO3/c1-13(2)18(21(22)24)11-20(23)25-12-19-16-9-5-3-7-14(16)15-8-4-6-10-17(15)19/h3-10,13,18-19H,11-12H2,1-2H3/t18-/m0/s1. The molecule has 130 valence electrons. The fourth-order valence-corrected chi connectivity index (χ4v) is 3.76. The molecule has 3 nitrogen and oxygen atoms in total. The highest BCUT2D eigenvalue weighted by atomic mass is 35.5. The maximum Gasteiger partial charge on any atom is 0.306 e. The Bertz CT molecular complexity index is 752. The molecular weight excluding hydrogens is 336 g/mol. The van der Waals surface area contributed by atoms with Crippen molar-refractivity contribution in [1.29, 1.82) is 0 Å². The Morgan fingerprint density at radius 2 is 1.52 bits per heavy atom. The molecule has 0 aliphatic heterocycles. The molecular formula is C21H21ClO3. The average Bonchev–Trinajstić information content (AvgIpc) is 2.91. The predicted octanol–water partition coefficient (Wildman–Crippen LogP) is 4.77. The number of fused-ring (bicyclic) bond motifs is 3. The molecule has 4 heteroatoms. The Morgan fingerprint density at radius 3 is 2.00 bits per heavy atom. The third kappa shape index (κ3) is 3.62. The van der Waals surface area contributed by atoms with Gasteiger partial charge < -0.3 is 4.74 Å². The number of ether oxygens (including phenoxy) is 1. The van der Waals surface area contributed by atoms with Gasteiger partial charge in [-0.05, 0) is 39.8 Å². The van der Waals surface area contributed by atoms with Crippen LogP contribution in [0.4, 0.5) is 0 Å². The number of esters is 1. The fraction of sp³-hybridized carbons (Fsp3) is 0.333. The maximum atomic E-state index is 12.2. The minimum Gasteiger partial charge on any atom is -0.465 e. The van der Waals surface area contributed by atoms with Crippen molar-refractivity contribution in [3.8, 4) is 11.1 Å². The van der Waals surface area contributed by atoms with Crippen molar-refractivity contribution in [2.45, 2.75) is 26.2 Å². The molecule has 3 rings (SSSR count). The quantitative estimate of drug-likeness (QED) is 0.553. The molecule has 0 aromatic heterocycles. The number of benzene rings is 2. The van der Waals surface area contributed by atoms with Gasteiger partial charge in [-0.15, -0.1) is 0 Å². The minimum atomic E-state index is -0.502. The summed E-state index contributed by atoms with van der Waals surface area (Å²) in [6.45, 7) is 4.03. The fourth-order valence-electron chi connectivity index (χ4n) is 3.43. The van der Waals surface area contributed by atoms with Gasteiger partial charge in [0.1, 0.15) is 6.61 Å². The smallest absolute Gasteiger partial charge is 0.306 e. The lowest BCUT2D eigenvalue weighted by Crippen LogP contribution is -2.22. The van der Waals surface area contributed by atoms with Crippen LogP contribution in [0.15, 0.2) is 48.5 Å². The van der Waals surface area contributed by atoms with E-state index in [-0.39, 0.29) is 30.8 Å². The van der Waals surface area contributed by atoms with E-state index in [1.54, 1.807) is 0 Å². The van der Waals surface area contributed by atoms with E-state index in [2.05, 4.69) is 24.3 Å². The molecule has 0 amide bonds. The van der Waals surface area contributed by atoms with Crippen molar-refractivity contribution in [2.24, 2.45) is 11.8 Å². The third-order valence-corrected chi connectivity index (χ3v) is 5.14. The summed E-state index contributed by atoms with van der Waals surface area (Å²) in [4.78, 5) is 23.7. The van der Waals surface area contributed by atoms with E-state index in [9.17, 15) is 9.59 Å². The van der Waals surface area contributed by atoms with Gasteiger partial charge in [0.05, 0.1) is 6.42 Å². The van der Waals surface area contributed by atoms with Crippen LogP contribution in [0, 0.1) is 11.8 Å². The number of rotatable bonds is 6. The number of halogens is 1. The highest BCUT2D eigenvalue weighted by Crippen LogP contribution is 2.44. The number of hydrogen-bond acceptors (Lipinski definition) is 3. The minimum absolute atomic E-state index is 0.00508. The Kier molecular flexibility index (Phi) is 5.24. The number of carbonyl (C=O) groups is 2. The van der Waals surface area contributed by atoms with Crippen molar-refractivity contribution in [1.82, 2.24) is 0 Å². The van der Waals surface area contributed by atoms with E-state index in [0.29, 0.717) is 0 Å². The molecule has 25 heavy (non-hydrogen) atoms. The Hall–Kier alpha value is -2.13. The Labute approximate surface area is 153 Å². The highest BCUT2D eigenvalue weighted by Gasteiger charge is 2.30. The molecule has 0 heterocycles. The first-order chi connectivity index (χ1) is 12.0. The van der Waals surface area contributed by atoms with Gasteiger partial charge in [0.25, 0.3) is 0 Å². The van der Waals surface area contributed by atoms with Crippen molar-refractivity contribution >= 4 is 22.8 Å². The molecule has 0 unspecified atom stereocenters. The first-order valence-electron chi connectivity index (χ1n) is 8.52. The average molecular weight is 357 g/mol. The molecule has 1 aliphatic carbocycles. The lowest BCUT2D eigenvalue weighted by molar-refractivity contribution is -0.146. The van der Waals surface area contributed by atoms with Crippen LogP contribution in [0.1, 0.15) is 37.3 Å². The van der Waals surface area contributed by atoms with Gasteiger partial charge in [-0.3, -0.25) is 9.59 Å². The monoisotopic (exact) mass is 356 g/mol. The van der Waals surface area contributed by atoms with Crippen LogP contribution in [0.5, 0.6) is 0 Å². The van der Waals surface area contributed by atoms with Crippen LogP contribution < -0.4 is 0 Å². The van der Waals surface area contributed by atoms with Crippen molar-refractivity contribution < 1.29 is 14.3 Å². The summed E-state index contributed by atoms with van der Waals surface area (Å²) in [5.41, 5.74) is 4.72. The van der Waals surface area contributed by atoms with E-state index in [1.807, 2.05) is 38.1 Å². The van der Waals surface area contributed by atoms with Crippen LogP contribution in [0.25, 0.3) is 11.1 Å². The molecule has 0 saturated carbocycles. The molecule has 1 aliphatic rings. The van der Waals surface area contributed by atoms with Gasteiger partial charge in [-0.2, -0.15) is 0 Å². The summed E-state index contributed by atoms with van der Waals surface area (Å²) in [5.74, 6) is -0.849. The summed E-state index contributed by atoms with van der Waals surface area (Å²) in [5, 5.41) is -0.483. The van der Waals surface area contributed by atoms with E-state index < -0.39 is 11.2 Å². The summed E-state index contributed by atoms with van der Waals surface area (Å²) >= 11 is 5.60. The van der Waals surface area contributed by atoms with Gasteiger partial charge in [0.2, 0.25) is 5.24 Å². The largest absolute Gasteiger partial charge is 0.465 e. The van der Waals surface area contributed by atoms with Gasteiger partial charge >= 0.3 is 5.97 Å². The summed E-state index contributed by atoms with van der Waals surface area (Å²) in [6.07, 6.45) is 0.0238. The van der Waals surface area contributed by atoms with Gasteiger partial charge in [0.15, 0.2) is 0 Å². The van der Waals surface area contributed by atoms with Crippen LogP contribution >= 0.6 is 11.6 Å². The molecule has 0 radical (unpaired) electrons. The second-order valence-corrected chi connectivity index (χ2v) is 7.14. The van der Waals surface area contributed by atoms with Gasteiger partial charge in [-0.25, -0.2) is 0 Å². The maximum absolute atomic E-state index is 12.2.